The molecule has 5 heteroatoms. The van der Waals surface area contributed by atoms with Crippen molar-refractivity contribution in [2.45, 2.75) is 11.8 Å². The normalized spacial score (nSPS) is 10.9. The van der Waals surface area contributed by atoms with Crippen LogP contribution in [0.15, 0.2) is 21.9 Å². The first-order chi connectivity index (χ1) is 6.33. The fourth-order valence-corrected chi connectivity index (χ4v) is 1.40. The maximum Gasteiger partial charge on any atom is 0.258 e. The van der Waals surface area contributed by atoms with Gasteiger partial charge in [-0.05, 0) is 17.9 Å². The molecule has 0 aliphatic rings. The molecule has 2 N–H and O–H groups in total. The van der Waals surface area contributed by atoms with E-state index >= 15 is 0 Å². The quantitative estimate of drug-likeness (QED) is 0.734. The molecule has 0 spiro atoms. The first-order valence-electron chi connectivity index (χ1n) is 3.83. The van der Waals surface area contributed by atoms with Crippen LogP contribution in [0.4, 0.5) is 0 Å². The van der Waals surface area contributed by atoms with Crippen LogP contribution in [0, 0.1) is 0 Å². The molecule has 0 atom stereocenters. The summed E-state index contributed by atoms with van der Waals surface area (Å²) in [4.78, 5) is 8.32. The average molecular weight is 195 g/mol. The summed E-state index contributed by atoms with van der Waals surface area (Å²) in [6, 6.07) is 1.89. The fraction of sp³-hybridized carbons (Fsp3) is 0.250. The summed E-state index contributed by atoms with van der Waals surface area (Å²) in [5.74, 6) is 0. The third-order valence-electron chi connectivity index (χ3n) is 1.69. The molecule has 0 amide bonds. The lowest BCUT2D eigenvalue weighted by molar-refractivity contribution is 0.482. The lowest BCUT2D eigenvalue weighted by atomic mass is 10.3. The van der Waals surface area contributed by atoms with E-state index in [2.05, 4.69) is 9.97 Å². The highest BCUT2D eigenvalue weighted by molar-refractivity contribution is 7.98. The molecule has 2 aromatic rings. The van der Waals surface area contributed by atoms with Crippen LogP contribution in [0.3, 0.4) is 0 Å². The van der Waals surface area contributed by atoms with Crippen LogP contribution in [-0.4, -0.2) is 16.2 Å². The number of nitrogens with two attached hydrogens (primary N) is 1. The second-order valence-electron chi connectivity index (χ2n) is 2.56. The van der Waals surface area contributed by atoms with Gasteiger partial charge in [-0.1, -0.05) is 11.8 Å². The third-order valence-corrected chi connectivity index (χ3v) is 2.22. The van der Waals surface area contributed by atoms with Gasteiger partial charge in [0.2, 0.25) is 5.71 Å². The minimum atomic E-state index is 0.477. The highest BCUT2D eigenvalue weighted by atomic mass is 32.2. The molecule has 0 fully saturated rings. The first kappa shape index (κ1) is 8.52. The standard InChI is InChI=1S/C8H9N3OS/c1-13-8-11-6-2-5(3-9)4-10-7(6)12-8/h2,4H,3,9H2,1H3. The number of fused-ring (bicyclic) bond motifs is 1. The van der Waals surface area contributed by atoms with Gasteiger partial charge in [0.05, 0.1) is 0 Å². The molecular formula is C8H9N3OS. The largest absolute Gasteiger partial charge is 0.412 e. The number of aromatic nitrogens is 2. The van der Waals surface area contributed by atoms with Gasteiger partial charge in [-0.2, -0.15) is 0 Å². The van der Waals surface area contributed by atoms with Crippen molar-refractivity contribution in [1.29, 1.82) is 0 Å². The number of nitrogens with zero attached hydrogens (tertiary/aromatic N) is 2. The Kier molecular flexibility index (Phi) is 2.20. The van der Waals surface area contributed by atoms with Crippen LogP contribution in [0.25, 0.3) is 11.2 Å². The third kappa shape index (κ3) is 1.52. The summed E-state index contributed by atoms with van der Waals surface area (Å²) in [5, 5.41) is 0.636. The zero-order chi connectivity index (χ0) is 9.26. The number of hydrogen-bond acceptors (Lipinski definition) is 5. The lowest BCUT2D eigenvalue weighted by Gasteiger charge is -1.91. The van der Waals surface area contributed by atoms with Crippen molar-refractivity contribution in [3.05, 3.63) is 17.8 Å². The fourth-order valence-electron chi connectivity index (χ4n) is 1.04. The molecule has 0 saturated carbocycles. The van der Waals surface area contributed by atoms with E-state index in [0.717, 1.165) is 11.1 Å². The number of pyridine rings is 1. The Morgan fingerprint density at radius 1 is 1.62 bits per heavy atom. The van der Waals surface area contributed by atoms with Gasteiger partial charge in [0, 0.05) is 12.7 Å². The molecule has 13 heavy (non-hydrogen) atoms. The molecule has 0 bridgehead atoms. The summed E-state index contributed by atoms with van der Waals surface area (Å²) in [7, 11) is 0. The second kappa shape index (κ2) is 3.35. The Balaban J connectivity index is 2.57. The van der Waals surface area contributed by atoms with Crippen LogP contribution < -0.4 is 5.73 Å². The molecule has 0 aliphatic carbocycles. The monoisotopic (exact) mass is 195 g/mol. The summed E-state index contributed by atoms with van der Waals surface area (Å²) >= 11 is 1.46. The Bertz CT molecular complexity index is 424. The highest BCUT2D eigenvalue weighted by Crippen LogP contribution is 2.20. The summed E-state index contributed by atoms with van der Waals surface area (Å²) in [6.07, 6.45) is 3.62. The zero-order valence-electron chi connectivity index (χ0n) is 7.15. The van der Waals surface area contributed by atoms with Gasteiger partial charge < -0.3 is 10.2 Å². The van der Waals surface area contributed by atoms with Crippen molar-refractivity contribution < 1.29 is 4.42 Å². The molecule has 2 heterocycles. The molecular weight excluding hydrogens is 186 g/mol. The number of thioether (sulfide) groups is 1. The molecule has 0 aromatic carbocycles. The van der Waals surface area contributed by atoms with Gasteiger partial charge >= 0.3 is 0 Å². The van der Waals surface area contributed by atoms with E-state index in [4.69, 9.17) is 10.2 Å². The Morgan fingerprint density at radius 2 is 2.46 bits per heavy atom. The first-order valence-corrected chi connectivity index (χ1v) is 5.05. The summed E-state index contributed by atoms with van der Waals surface area (Å²) in [5.41, 5.74) is 7.78. The van der Waals surface area contributed by atoms with Crippen molar-refractivity contribution in [1.82, 2.24) is 9.97 Å². The Labute approximate surface area is 79.5 Å². The Hall–Kier alpha value is -1.07. The van der Waals surface area contributed by atoms with E-state index in [1.54, 1.807) is 6.20 Å². The van der Waals surface area contributed by atoms with E-state index in [9.17, 15) is 0 Å². The van der Waals surface area contributed by atoms with Crippen molar-refractivity contribution in [2.24, 2.45) is 5.73 Å². The molecule has 0 aliphatic heterocycles. The van der Waals surface area contributed by atoms with Crippen LogP contribution in [0.2, 0.25) is 0 Å². The number of hydrogen-bond donors (Lipinski definition) is 1. The molecule has 2 aromatic heterocycles. The van der Waals surface area contributed by atoms with Crippen molar-refractivity contribution >= 4 is 23.0 Å². The van der Waals surface area contributed by atoms with Crippen LogP contribution in [0.5, 0.6) is 0 Å². The van der Waals surface area contributed by atoms with E-state index in [1.165, 1.54) is 11.8 Å². The van der Waals surface area contributed by atoms with Crippen molar-refractivity contribution in [2.75, 3.05) is 6.26 Å². The molecule has 0 unspecified atom stereocenters. The number of oxazole rings is 1. The smallest absolute Gasteiger partial charge is 0.258 e. The molecule has 68 valence electrons. The predicted molar refractivity (Wildman–Crippen MR) is 51.5 cm³/mol. The van der Waals surface area contributed by atoms with Crippen LogP contribution in [-0.2, 0) is 6.54 Å². The van der Waals surface area contributed by atoms with Gasteiger partial charge in [-0.25, -0.2) is 9.97 Å². The van der Waals surface area contributed by atoms with Crippen molar-refractivity contribution in [3.8, 4) is 0 Å². The molecule has 4 nitrogen and oxygen atoms in total. The van der Waals surface area contributed by atoms with Gasteiger partial charge in [-0.3, -0.25) is 0 Å². The van der Waals surface area contributed by atoms with E-state index < -0.39 is 0 Å². The van der Waals surface area contributed by atoms with Crippen molar-refractivity contribution in [3.63, 3.8) is 0 Å². The SMILES string of the molecule is CSc1nc2cc(CN)cnc2o1. The van der Waals surface area contributed by atoms with Crippen LogP contribution >= 0.6 is 11.8 Å². The maximum absolute atomic E-state index is 5.48. The summed E-state index contributed by atoms with van der Waals surface area (Å²) in [6.45, 7) is 0.477. The van der Waals surface area contributed by atoms with Gasteiger partial charge in [0.15, 0.2) is 0 Å². The maximum atomic E-state index is 5.48. The molecule has 0 saturated heterocycles. The average Bonchev–Trinajstić information content (AvgIpc) is 2.58. The second-order valence-corrected chi connectivity index (χ2v) is 3.31. The summed E-state index contributed by atoms with van der Waals surface area (Å²) < 4.78 is 5.32. The van der Waals surface area contributed by atoms with Gasteiger partial charge in [-0.15, -0.1) is 0 Å². The van der Waals surface area contributed by atoms with E-state index in [0.29, 0.717) is 17.5 Å². The zero-order valence-corrected chi connectivity index (χ0v) is 7.97. The van der Waals surface area contributed by atoms with E-state index in [-0.39, 0.29) is 0 Å². The molecule has 0 radical (unpaired) electrons. The predicted octanol–water partition coefficient (Wildman–Crippen LogP) is 1.40. The van der Waals surface area contributed by atoms with Gasteiger partial charge in [0.1, 0.15) is 5.52 Å². The minimum absolute atomic E-state index is 0.477. The highest BCUT2D eigenvalue weighted by Gasteiger charge is 2.05. The minimum Gasteiger partial charge on any atom is -0.412 e. The molecule has 2 rings (SSSR count). The number of rotatable bonds is 2. The lowest BCUT2D eigenvalue weighted by Crippen LogP contribution is -1.96. The van der Waals surface area contributed by atoms with Crippen LogP contribution in [0.1, 0.15) is 5.56 Å². The van der Waals surface area contributed by atoms with Gasteiger partial charge in [0.25, 0.3) is 5.22 Å². The van der Waals surface area contributed by atoms with E-state index in [1.807, 2.05) is 12.3 Å². The topological polar surface area (TPSA) is 64.9 Å². The Morgan fingerprint density at radius 3 is 3.15 bits per heavy atom.